The predicted octanol–water partition coefficient (Wildman–Crippen LogP) is 1.73. The highest BCUT2D eigenvalue weighted by molar-refractivity contribution is 5.83. The van der Waals surface area contributed by atoms with Crippen LogP contribution in [0.3, 0.4) is 0 Å². The quantitative estimate of drug-likeness (QED) is 0.603. The molecule has 0 saturated carbocycles. The van der Waals surface area contributed by atoms with Crippen LogP contribution in [0, 0.1) is 0 Å². The molecule has 0 aliphatic heterocycles. The van der Waals surface area contributed by atoms with Gasteiger partial charge >= 0.3 is 0 Å². The van der Waals surface area contributed by atoms with Gasteiger partial charge in [0.25, 0.3) is 0 Å². The third kappa shape index (κ3) is 2.94. The van der Waals surface area contributed by atoms with E-state index in [1.165, 1.54) is 0 Å². The molecule has 0 atom stereocenters. The summed E-state index contributed by atoms with van der Waals surface area (Å²) in [5.74, 6) is 0.598. The Labute approximate surface area is 138 Å². The minimum atomic E-state index is 0.598. The fraction of sp³-hybridized carbons (Fsp3) is 0.188. The van der Waals surface area contributed by atoms with Crippen LogP contribution in [0.2, 0.25) is 0 Å². The van der Waals surface area contributed by atoms with Gasteiger partial charge in [-0.15, -0.1) is 5.10 Å². The smallest absolute Gasteiger partial charge is 0.223 e. The van der Waals surface area contributed by atoms with Gasteiger partial charge in [-0.1, -0.05) is 17.3 Å². The van der Waals surface area contributed by atoms with Gasteiger partial charge in [-0.05, 0) is 12.1 Å². The van der Waals surface area contributed by atoms with E-state index >= 15 is 0 Å². The van der Waals surface area contributed by atoms with Crippen molar-refractivity contribution in [1.29, 1.82) is 0 Å². The maximum atomic E-state index is 4.58. The molecule has 1 N–H and O–H groups in total. The second-order valence-electron chi connectivity index (χ2n) is 5.43. The molecule has 0 amide bonds. The number of anilines is 1. The number of benzene rings is 1. The van der Waals surface area contributed by atoms with E-state index in [9.17, 15) is 0 Å². The van der Waals surface area contributed by atoms with E-state index in [2.05, 4.69) is 30.7 Å². The number of nitrogens with zero attached hydrogens (tertiary/aromatic N) is 7. The van der Waals surface area contributed by atoms with E-state index in [0.29, 0.717) is 19.0 Å². The summed E-state index contributed by atoms with van der Waals surface area (Å²) in [6, 6.07) is 8.06. The number of nitrogens with one attached hydrogen (secondary N) is 1. The normalized spacial score (nSPS) is 11.0. The number of fused-ring (bicyclic) bond motifs is 1. The molecule has 4 aromatic rings. The number of aromatic nitrogens is 7. The van der Waals surface area contributed by atoms with Crippen molar-refractivity contribution in [1.82, 2.24) is 34.7 Å². The zero-order valence-corrected chi connectivity index (χ0v) is 13.2. The van der Waals surface area contributed by atoms with E-state index in [1.54, 1.807) is 15.6 Å². The van der Waals surface area contributed by atoms with Crippen LogP contribution in [-0.2, 0) is 13.6 Å². The number of hydrogen-bond donors (Lipinski definition) is 1. The molecule has 1 aromatic carbocycles. The largest absolute Gasteiger partial charge is 0.352 e. The maximum absolute atomic E-state index is 4.58. The second-order valence-corrected chi connectivity index (χ2v) is 5.43. The lowest BCUT2D eigenvalue weighted by atomic mass is 10.1. The summed E-state index contributed by atoms with van der Waals surface area (Å²) >= 11 is 0. The number of rotatable bonds is 5. The molecule has 4 rings (SSSR count). The monoisotopic (exact) mass is 320 g/mol. The molecule has 24 heavy (non-hydrogen) atoms. The van der Waals surface area contributed by atoms with E-state index in [4.69, 9.17) is 0 Å². The first-order chi connectivity index (χ1) is 11.8. The van der Waals surface area contributed by atoms with Crippen molar-refractivity contribution in [3.05, 3.63) is 49.1 Å². The van der Waals surface area contributed by atoms with Gasteiger partial charge in [0.15, 0.2) is 0 Å². The molecule has 8 nitrogen and oxygen atoms in total. The predicted molar refractivity (Wildman–Crippen MR) is 90.3 cm³/mol. The Hall–Kier alpha value is -3.29. The molecular weight excluding hydrogens is 304 g/mol. The first-order valence-electron chi connectivity index (χ1n) is 7.63. The van der Waals surface area contributed by atoms with Crippen molar-refractivity contribution in [3.63, 3.8) is 0 Å². The van der Waals surface area contributed by atoms with E-state index in [-0.39, 0.29) is 0 Å². The Morgan fingerprint density at radius 2 is 2.12 bits per heavy atom. The van der Waals surface area contributed by atoms with Crippen LogP contribution >= 0.6 is 0 Å². The lowest BCUT2D eigenvalue weighted by Gasteiger charge is -2.06. The second kappa shape index (κ2) is 6.07. The van der Waals surface area contributed by atoms with Crippen LogP contribution in [0.1, 0.15) is 0 Å². The molecule has 3 aromatic heterocycles. The summed E-state index contributed by atoms with van der Waals surface area (Å²) in [4.78, 5) is 8.93. The minimum absolute atomic E-state index is 0.598. The molecule has 0 spiro atoms. The molecule has 8 heteroatoms. The van der Waals surface area contributed by atoms with Gasteiger partial charge in [0.1, 0.15) is 0 Å². The van der Waals surface area contributed by atoms with Gasteiger partial charge in [0.2, 0.25) is 5.95 Å². The minimum Gasteiger partial charge on any atom is -0.352 e. The van der Waals surface area contributed by atoms with Crippen LogP contribution in [-0.4, -0.2) is 41.3 Å². The van der Waals surface area contributed by atoms with Gasteiger partial charge in [0.05, 0.1) is 24.0 Å². The fourth-order valence-corrected chi connectivity index (χ4v) is 2.47. The Morgan fingerprint density at radius 1 is 1.17 bits per heavy atom. The Bertz CT molecular complexity index is 957. The van der Waals surface area contributed by atoms with Crippen molar-refractivity contribution in [2.45, 2.75) is 6.54 Å². The average molecular weight is 320 g/mol. The van der Waals surface area contributed by atoms with Crippen molar-refractivity contribution < 1.29 is 0 Å². The first-order valence-corrected chi connectivity index (χ1v) is 7.63. The van der Waals surface area contributed by atoms with Crippen LogP contribution in [0.15, 0.2) is 49.1 Å². The van der Waals surface area contributed by atoms with Gasteiger partial charge in [-0.2, -0.15) is 5.10 Å². The topological polar surface area (TPSA) is 86.3 Å². The molecule has 0 fully saturated rings. The lowest BCUT2D eigenvalue weighted by molar-refractivity contribution is 0.607. The number of hydrogen-bond acceptors (Lipinski definition) is 6. The molecule has 0 radical (unpaired) electrons. The van der Waals surface area contributed by atoms with E-state index in [0.717, 1.165) is 22.2 Å². The molecule has 0 aliphatic carbocycles. The lowest BCUT2D eigenvalue weighted by Crippen LogP contribution is -2.12. The fourth-order valence-electron chi connectivity index (χ4n) is 2.47. The summed E-state index contributed by atoms with van der Waals surface area (Å²) in [5, 5.41) is 16.3. The Kier molecular flexibility index (Phi) is 3.62. The van der Waals surface area contributed by atoms with E-state index < -0.39 is 0 Å². The SMILES string of the molecule is Cn1ccc(-c2ccc3cnc(NCCn4ccnn4)nc3c2)n1. The van der Waals surface area contributed by atoms with Crippen LogP contribution in [0.5, 0.6) is 0 Å². The average Bonchev–Trinajstić information content (AvgIpc) is 3.26. The van der Waals surface area contributed by atoms with Crippen LogP contribution in [0.25, 0.3) is 22.2 Å². The molecule has 0 bridgehead atoms. The third-order valence-corrected chi connectivity index (χ3v) is 3.69. The van der Waals surface area contributed by atoms with E-state index in [1.807, 2.05) is 49.9 Å². The van der Waals surface area contributed by atoms with Gasteiger partial charge in [-0.25, -0.2) is 9.97 Å². The first kappa shape index (κ1) is 14.3. The summed E-state index contributed by atoms with van der Waals surface area (Å²) in [6.45, 7) is 1.38. The summed E-state index contributed by atoms with van der Waals surface area (Å²) in [6.07, 6.45) is 7.23. The summed E-state index contributed by atoms with van der Waals surface area (Å²) in [7, 11) is 1.91. The van der Waals surface area contributed by atoms with Gasteiger partial charge in [-0.3, -0.25) is 9.36 Å². The molecular formula is C16H16N8. The molecule has 3 heterocycles. The highest BCUT2D eigenvalue weighted by atomic mass is 15.4. The highest BCUT2D eigenvalue weighted by Crippen LogP contribution is 2.22. The molecule has 120 valence electrons. The molecule has 0 saturated heterocycles. The maximum Gasteiger partial charge on any atom is 0.223 e. The van der Waals surface area contributed by atoms with Crippen LogP contribution in [0.4, 0.5) is 5.95 Å². The summed E-state index contributed by atoms with van der Waals surface area (Å²) in [5.41, 5.74) is 2.85. The zero-order chi connectivity index (χ0) is 16.4. The zero-order valence-electron chi connectivity index (χ0n) is 13.2. The van der Waals surface area contributed by atoms with Crippen molar-refractivity contribution in [2.75, 3.05) is 11.9 Å². The van der Waals surface area contributed by atoms with Crippen molar-refractivity contribution in [2.24, 2.45) is 7.05 Å². The van der Waals surface area contributed by atoms with Gasteiger partial charge in [0, 0.05) is 43.1 Å². The molecule has 0 unspecified atom stereocenters. The van der Waals surface area contributed by atoms with Gasteiger partial charge < -0.3 is 5.32 Å². The van der Waals surface area contributed by atoms with Crippen LogP contribution < -0.4 is 5.32 Å². The third-order valence-electron chi connectivity index (χ3n) is 3.69. The Balaban J connectivity index is 1.54. The highest BCUT2D eigenvalue weighted by Gasteiger charge is 2.05. The standard InChI is InChI=1S/C16H16N8/c1-23-7-4-14(21-23)12-2-3-13-11-18-16(20-15(13)10-12)17-5-8-24-9-6-19-22-24/h2-4,6-7,9-11H,5,8H2,1H3,(H,17,18,20). The number of aryl methyl sites for hydroxylation is 1. The molecule has 0 aliphatic rings. The van der Waals surface area contributed by atoms with Crippen molar-refractivity contribution in [3.8, 4) is 11.3 Å². The summed E-state index contributed by atoms with van der Waals surface area (Å²) < 4.78 is 3.55. The van der Waals surface area contributed by atoms with Crippen molar-refractivity contribution >= 4 is 16.9 Å². The Morgan fingerprint density at radius 3 is 2.92 bits per heavy atom.